The highest BCUT2D eigenvalue weighted by atomic mass is 32.2. The Labute approximate surface area is 142 Å². The summed E-state index contributed by atoms with van der Waals surface area (Å²) in [5.74, 6) is 0.626. The van der Waals surface area contributed by atoms with Gasteiger partial charge in [0.05, 0.1) is 11.1 Å². The van der Waals surface area contributed by atoms with Crippen molar-refractivity contribution < 1.29 is 17.6 Å². The average molecular weight is 366 g/mol. The number of nitrogens with zero attached hydrogens (tertiary/aromatic N) is 4. The third-order valence-electron chi connectivity index (χ3n) is 3.23. The molecule has 0 atom stereocenters. The van der Waals surface area contributed by atoms with E-state index in [2.05, 4.69) is 9.97 Å². The second-order valence-corrected chi connectivity index (χ2v) is 8.13. The van der Waals surface area contributed by atoms with Crippen LogP contribution in [0.3, 0.4) is 0 Å². The van der Waals surface area contributed by atoms with Crippen LogP contribution in [0.1, 0.15) is 5.82 Å². The highest BCUT2D eigenvalue weighted by Crippen LogP contribution is 2.27. The lowest BCUT2D eigenvalue weighted by Crippen LogP contribution is -2.31. The van der Waals surface area contributed by atoms with Gasteiger partial charge in [-0.15, -0.1) is 0 Å². The fourth-order valence-corrected chi connectivity index (χ4v) is 3.62. The molecule has 3 aromatic rings. The topological polar surface area (TPSA) is 103 Å². The van der Waals surface area contributed by atoms with Gasteiger partial charge in [0.25, 0.3) is 5.22 Å². The predicted molar refractivity (Wildman–Crippen MR) is 87.6 cm³/mol. The van der Waals surface area contributed by atoms with Gasteiger partial charge in [-0.25, -0.2) is 22.4 Å². The monoisotopic (exact) mass is 366 g/mol. The summed E-state index contributed by atoms with van der Waals surface area (Å²) in [5.41, 5.74) is 0.919. The number of fused-ring (bicyclic) bond motifs is 1. The molecule has 0 saturated heterocycles. The summed E-state index contributed by atoms with van der Waals surface area (Å²) in [6.45, 7) is 0. The van der Waals surface area contributed by atoms with E-state index in [1.165, 1.54) is 50.4 Å². The molecule has 2 heterocycles. The molecule has 0 aliphatic rings. The Balaban J connectivity index is 1.85. The van der Waals surface area contributed by atoms with Crippen LogP contribution in [0.25, 0.3) is 11.1 Å². The Morgan fingerprint density at radius 1 is 1.38 bits per heavy atom. The highest BCUT2D eigenvalue weighted by Gasteiger charge is 2.19. The minimum Gasteiger partial charge on any atom is -0.711 e. The second kappa shape index (κ2) is 6.38. The van der Waals surface area contributed by atoms with E-state index in [-0.39, 0.29) is 4.90 Å². The van der Waals surface area contributed by atoms with Gasteiger partial charge >= 0.3 is 5.82 Å². The minimum absolute atomic E-state index is 0.145. The predicted octanol–water partition coefficient (Wildman–Crippen LogP) is 1.40. The lowest BCUT2D eigenvalue weighted by Gasteiger charge is -2.10. The van der Waals surface area contributed by atoms with Crippen LogP contribution >= 0.6 is 11.8 Å². The maximum atomic E-state index is 12.1. The third-order valence-corrected chi connectivity index (χ3v) is 5.86. The van der Waals surface area contributed by atoms with Crippen LogP contribution in [-0.4, -0.2) is 36.8 Å². The first-order chi connectivity index (χ1) is 11.4. The number of hydrogen-bond donors (Lipinski definition) is 0. The molecule has 0 unspecified atom stereocenters. The van der Waals surface area contributed by atoms with E-state index in [0.717, 1.165) is 4.31 Å². The molecule has 0 N–H and O–H groups in total. The Morgan fingerprint density at radius 2 is 2.17 bits per heavy atom. The molecule has 24 heavy (non-hydrogen) atoms. The van der Waals surface area contributed by atoms with Crippen molar-refractivity contribution in [1.82, 2.24) is 14.3 Å². The van der Waals surface area contributed by atoms with Crippen LogP contribution in [-0.2, 0) is 15.8 Å². The van der Waals surface area contributed by atoms with E-state index in [1.807, 2.05) is 0 Å². The molecule has 8 nitrogen and oxygen atoms in total. The standard InChI is InChI=1S/C14H14N4O4S2/c1-17(2)24(20,21)10-4-5-12-11(8-10)16-14(22-12)23-9-13-15-6-3-7-18(13)19/h3-8H,9H2,1-2H3. The first-order valence-electron chi connectivity index (χ1n) is 6.87. The van der Waals surface area contributed by atoms with Crippen molar-refractivity contribution in [1.29, 1.82) is 0 Å². The molecule has 0 saturated carbocycles. The van der Waals surface area contributed by atoms with Gasteiger partial charge in [0.1, 0.15) is 17.5 Å². The Hall–Kier alpha value is -2.17. The molecule has 0 aliphatic heterocycles. The van der Waals surface area contributed by atoms with E-state index in [9.17, 15) is 13.6 Å². The Morgan fingerprint density at radius 3 is 2.88 bits per heavy atom. The normalized spacial score (nSPS) is 12.1. The molecule has 0 amide bonds. The van der Waals surface area contributed by atoms with Crippen LogP contribution in [0.4, 0.5) is 0 Å². The summed E-state index contributed by atoms with van der Waals surface area (Å²) >= 11 is 1.21. The van der Waals surface area contributed by atoms with Gasteiger partial charge < -0.3 is 9.62 Å². The van der Waals surface area contributed by atoms with Crippen molar-refractivity contribution in [2.75, 3.05) is 14.1 Å². The van der Waals surface area contributed by atoms with Crippen molar-refractivity contribution in [3.8, 4) is 0 Å². The first kappa shape index (κ1) is 16.7. The SMILES string of the molecule is CN(C)S(=O)(=O)c1ccc2oc(SCc3nccc[n+]3[O-])nc2c1. The number of aromatic nitrogens is 3. The Kier molecular flexibility index (Phi) is 4.43. The summed E-state index contributed by atoms with van der Waals surface area (Å²) in [4.78, 5) is 8.40. The van der Waals surface area contributed by atoms with Gasteiger partial charge in [-0.05, 0) is 18.2 Å². The number of hydrogen-bond acceptors (Lipinski definition) is 7. The van der Waals surface area contributed by atoms with Crippen molar-refractivity contribution in [2.45, 2.75) is 15.9 Å². The van der Waals surface area contributed by atoms with Crippen molar-refractivity contribution in [2.24, 2.45) is 0 Å². The van der Waals surface area contributed by atoms with Crippen LogP contribution in [0.5, 0.6) is 0 Å². The molecule has 2 aromatic heterocycles. The smallest absolute Gasteiger partial charge is 0.311 e. The average Bonchev–Trinajstić information content (AvgIpc) is 2.95. The second-order valence-electron chi connectivity index (χ2n) is 5.05. The summed E-state index contributed by atoms with van der Waals surface area (Å²) in [6.07, 6.45) is 2.90. The number of rotatable bonds is 5. The summed E-state index contributed by atoms with van der Waals surface area (Å²) < 4.78 is 31.7. The highest BCUT2D eigenvalue weighted by molar-refractivity contribution is 7.98. The summed E-state index contributed by atoms with van der Waals surface area (Å²) in [6, 6.07) is 6.05. The third kappa shape index (κ3) is 3.21. The van der Waals surface area contributed by atoms with Crippen LogP contribution in [0.2, 0.25) is 0 Å². The first-order valence-corrected chi connectivity index (χ1v) is 9.29. The Bertz CT molecular complexity index is 985. The van der Waals surface area contributed by atoms with Gasteiger partial charge in [-0.1, -0.05) is 16.7 Å². The fraction of sp³-hybridized carbons (Fsp3) is 0.214. The van der Waals surface area contributed by atoms with Crippen LogP contribution < -0.4 is 4.73 Å². The molecule has 0 bridgehead atoms. The minimum atomic E-state index is -3.53. The maximum Gasteiger partial charge on any atom is 0.311 e. The fourth-order valence-electron chi connectivity index (χ4n) is 1.93. The lowest BCUT2D eigenvalue weighted by molar-refractivity contribution is -0.616. The number of benzene rings is 1. The zero-order valence-corrected chi connectivity index (χ0v) is 14.5. The molecule has 0 spiro atoms. The van der Waals surface area contributed by atoms with Crippen LogP contribution in [0.15, 0.2) is 51.2 Å². The van der Waals surface area contributed by atoms with Gasteiger partial charge in [0.2, 0.25) is 10.0 Å². The van der Waals surface area contributed by atoms with Crippen molar-refractivity contribution >= 4 is 32.9 Å². The van der Waals surface area contributed by atoms with E-state index in [0.29, 0.717) is 32.6 Å². The zero-order valence-electron chi connectivity index (χ0n) is 12.9. The van der Waals surface area contributed by atoms with E-state index in [4.69, 9.17) is 4.42 Å². The molecule has 0 fully saturated rings. The maximum absolute atomic E-state index is 12.1. The van der Waals surface area contributed by atoms with Crippen LogP contribution in [0, 0.1) is 5.21 Å². The van der Waals surface area contributed by atoms with Gasteiger partial charge in [-0.2, -0.15) is 0 Å². The molecule has 10 heteroatoms. The van der Waals surface area contributed by atoms with Crippen molar-refractivity contribution in [3.63, 3.8) is 0 Å². The number of thioether (sulfide) groups is 1. The molecular weight excluding hydrogens is 352 g/mol. The molecule has 1 aromatic carbocycles. The lowest BCUT2D eigenvalue weighted by atomic mass is 10.3. The molecular formula is C14H14N4O4S2. The molecule has 126 valence electrons. The van der Waals surface area contributed by atoms with Gasteiger partial charge in [0, 0.05) is 20.2 Å². The molecule has 0 radical (unpaired) electrons. The largest absolute Gasteiger partial charge is 0.711 e. The summed E-state index contributed by atoms with van der Waals surface area (Å²) in [7, 11) is -0.596. The van der Waals surface area contributed by atoms with Gasteiger partial charge in [-0.3, -0.25) is 0 Å². The van der Waals surface area contributed by atoms with E-state index in [1.54, 1.807) is 12.1 Å². The summed E-state index contributed by atoms with van der Waals surface area (Å²) in [5, 5.41) is 11.9. The van der Waals surface area contributed by atoms with Gasteiger partial charge in [0.15, 0.2) is 5.58 Å². The quantitative estimate of drug-likeness (QED) is 0.382. The van der Waals surface area contributed by atoms with E-state index >= 15 is 0 Å². The number of sulfonamides is 1. The number of oxazole rings is 1. The molecule has 0 aliphatic carbocycles. The van der Waals surface area contributed by atoms with E-state index < -0.39 is 10.0 Å². The van der Waals surface area contributed by atoms with Crippen molar-refractivity contribution in [3.05, 3.63) is 47.7 Å². The zero-order chi connectivity index (χ0) is 17.3. The molecule has 3 rings (SSSR count).